The Hall–Kier alpha value is -4.14. The van der Waals surface area contributed by atoms with Crippen LogP contribution in [0.3, 0.4) is 0 Å². The van der Waals surface area contributed by atoms with Gasteiger partial charge in [0.1, 0.15) is 5.82 Å². The topological polar surface area (TPSA) is 100 Å². The summed E-state index contributed by atoms with van der Waals surface area (Å²) in [5, 5.41) is 3.43. The van der Waals surface area contributed by atoms with Gasteiger partial charge in [-0.3, -0.25) is 14.4 Å². The third kappa shape index (κ3) is 3.38. The average Bonchev–Trinajstić information content (AvgIpc) is 3.47. The van der Waals surface area contributed by atoms with Crippen molar-refractivity contribution in [3.63, 3.8) is 0 Å². The van der Waals surface area contributed by atoms with E-state index in [2.05, 4.69) is 5.32 Å². The number of carbonyl (C=O) groups is 3. The number of anilines is 1. The molecule has 0 aromatic heterocycles. The Morgan fingerprint density at radius 3 is 2.40 bits per heavy atom. The second-order valence-corrected chi connectivity index (χ2v) is 8.81. The van der Waals surface area contributed by atoms with Gasteiger partial charge in [-0.1, -0.05) is 0 Å². The molecule has 0 bridgehead atoms. The highest BCUT2D eigenvalue weighted by atomic mass is 19.1. The smallest absolute Gasteiger partial charge is 0.310 e. The summed E-state index contributed by atoms with van der Waals surface area (Å²) in [4.78, 5) is 37.7. The molecule has 2 aromatic carbocycles. The Bertz CT molecular complexity index is 1330. The first-order chi connectivity index (χ1) is 16.9. The first-order valence-electron chi connectivity index (χ1n) is 11.1. The summed E-state index contributed by atoms with van der Waals surface area (Å²) in [6, 6.07) is 9.27. The van der Waals surface area contributed by atoms with E-state index in [4.69, 9.17) is 18.9 Å². The second-order valence-electron chi connectivity index (χ2n) is 8.81. The number of nitrogens with one attached hydrogen (secondary N) is 1. The van der Waals surface area contributed by atoms with Crippen molar-refractivity contribution in [2.24, 2.45) is 11.8 Å². The van der Waals surface area contributed by atoms with Crippen LogP contribution in [-0.2, 0) is 23.9 Å². The summed E-state index contributed by atoms with van der Waals surface area (Å²) in [7, 11) is 1.32. The number of hydrogen-bond donors (Lipinski definition) is 1. The number of benzene rings is 2. The summed E-state index contributed by atoms with van der Waals surface area (Å²) in [6.07, 6.45) is 2.78. The average molecular weight is 477 g/mol. The van der Waals surface area contributed by atoms with Gasteiger partial charge in [0, 0.05) is 17.5 Å². The predicted octanol–water partition coefficient (Wildman–Crippen LogP) is 3.20. The monoisotopic (exact) mass is 477 g/mol. The van der Waals surface area contributed by atoms with Crippen LogP contribution in [0.2, 0.25) is 0 Å². The fraction of sp³-hybridized carbons (Fsp3) is 0.269. The molecule has 8 nitrogen and oxygen atoms in total. The molecular weight excluding hydrogens is 457 g/mol. The SMILES string of the molecule is COC1=CC([C@@H]2c3cc4c(cc3[C@@H](Nc3ccc(F)cc3)[C@H]3COC(=O)[C@@H]32)OCO4)=CC(=O)C1=O. The van der Waals surface area contributed by atoms with Gasteiger partial charge in [-0.2, -0.15) is 0 Å². The minimum Gasteiger partial charge on any atom is -0.492 e. The lowest BCUT2D eigenvalue weighted by Crippen LogP contribution is -2.38. The Kier molecular flexibility index (Phi) is 4.87. The molecule has 2 aliphatic heterocycles. The Morgan fingerprint density at radius 1 is 0.971 bits per heavy atom. The number of allylic oxidation sites excluding steroid dienone is 4. The van der Waals surface area contributed by atoms with Gasteiger partial charge in [-0.25, -0.2) is 4.39 Å². The molecule has 0 amide bonds. The zero-order valence-corrected chi connectivity index (χ0v) is 18.6. The number of ketones is 2. The first kappa shape index (κ1) is 21.4. The molecule has 0 spiro atoms. The lowest BCUT2D eigenvalue weighted by molar-refractivity contribution is -0.141. The van der Waals surface area contributed by atoms with Crippen LogP contribution < -0.4 is 14.8 Å². The molecule has 1 fully saturated rings. The van der Waals surface area contributed by atoms with Crippen molar-refractivity contribution in [1.82, 2.24) is 0 Å². The largest absolute Gasteiger partial charge is 0.492 e. The van der Waals surface area contributed by atoms with Crippen LogP contribution in [0.5, 0.6) is 11.5 Å². The number of esters is 1. The van der Waals surface area contributed by atoms with Gasteiger partial charge >= 0.3 is 5.97 Å². The highest BCUT2D eigenvalue weighted by Crippen LogP contribution is 2.55. The molecule has 2 aliphatic carbocycles. The molecule has 2 aromatic rings. The minimum absolute atomic E-state index is 0.0667. The lowest BCUT2D eigenvalue weighted by Gasteiger charge is -2.40. The number of methoxy groups -OCH3 is 1. The quantitative estimate of drug-likeness (QED) is 0.407. The summed E-state index contributed by atoms with van der Waals surface area (Å²) in [6.45, 7) is 0.227. The van der Waals surface area contributed by atoms with E-state index < -0.39 is 29.4 Å². The summed E-state index contributed by atoms with van der Waals surface area (Å²) >= 11 is 0. The Labute approximate surface area is 199 Å². The highest BCUT2D eigenvalue weighted by molar-refractivity contribution is 6.47. The Morgan fingerprint density at radius 2 is 1.69 bits per heavy atom. The molecular formula is C26H20FNO7. The zero-order valence-electron chi connectivity index (χ0n) is 18.6. The molecule has 1 saturated heterocycles. The molecule has 178 valence electrons. The zero-order chi connectivity index (χ0) is 24.3. The molecule has 0 saturated carbocycles. The van der Waals surface area contributed by atoms with Crippen molar-refractivity contribution in [3.05, 3.63) is 76.8 Å². The standard InChI is InChI=1S/C26H20FNO7/c1-32-21-7-12(6-18(29)25(21)30)22-15-8-19-20(35-11-34-19)9-16(15)24(17-10-33-26(31)23(17)22)28-14-4-2-13(27)3-5-14/h2-9,17,22-24,28H,10-11H2,1H3/t17-,22+,23-,24+/m0/s1. The van der Waals surface area contributed by atoms with Crippen LogP contribution in [0, 0.1) is 17.7 Å². The van der Waals surface area contributed by atoms with Gasteiger partial charge in [0.15, 0.2) is 17.3 Å². The van der Waals surface area contributed by atoms with Crippen molar-refractivity contribution in [3.8, 4) is 11.5 Å². The van der Waals surface area contributed by atoms with Crippen LogP contribution in [0.1, 0.15) is 23.1 Å². The van der Waals surface area contributed by atoms with E-state index in [0.29, 0.717) is 22.8 Å². The molecule has 4 aliphatic rings. The molecule has 1 N–H and O–H groups in total. The lowest BCUT2D eigenvalue weighted by atomic mass is 9.64. The number of halogens is 1. The summed E-state index contributed by atoms with van der Waals surface area (Å²) < 4.78 is 35.4. The van der Waals surface area contributed by atoms with Gasteiger partial charge in [-0.15, -0.1) is 0 Å². The van der Waals surface area contributed by atoms with E-state index in [1.807, 2.05) is 12.1 Å². The molecule has 4 atom stereocenters. The summed E-state index contributed by atoms with van der Waals surface area (Å²) in [5.41, 5.74) is 2.74. The van der Waals surface area contributed by atoms with E-state index >= 15 is 0 Å². The molecule has 35 heavy (non-hydrogen) atoms. The molecule has 0 unspecified atom stereocenters. The second kappa shape index (κ2) is 7.97. The molecule has 0 radical (unpaired) electrons. The normalized spacial score (nSPS) is 26.4. The first-order valence-corrected chi connectivity index (χ1v) is 11.1. The van der Waals surface area contributed by atoms with Crippen molar-refractivity contribution in [2.45, 2.75) is 12.0 Å². The van der Waals surface area contributed by atoms with E-state index in [1.54, 1.807) is 12.1 Å². The van der Waals surface area contributed by atoms with E-state index in [9.17, 15) is 18.8 Å². The minimum atomic E-state index is -0.737. The maximum Gasteiger partial charge on any atom is 0.310 e. The van der Waals surface area contributed by atoms with Crippen molar-refractivity contribution >= 4 is 23.2 Å². The number of carbonyl (C=O) groups excluding carboxylic acids is 3. The number of fused-ring (bicyclic) bond motifs is 3. The highest BCUT2D eigenvalue weighted by Gasteiger charge is 2.53. The van der Waals surface area contributed by atoms with Crippen molar-refractivity contribution in [1.29, 1.82) is 0 Å². The van der Waals surface area contributed by atoms with Crippen molar-refractivity contribution < 1.29 is 37.7 Å². The van der Waals surface area contributed by atoms with Gasteiger partial charge < -0.3 is 24.3 Å². The van der Waals surface area contributed by atoms with Crippen LogP contribution in [0.15, 0.2) is 59.9 Å². The number of ether oxygens (including phenoxy) is 4. The number of cyclic esters (lactones) is 1. The number of hydrogen-bond acceptors (Lipinski definition) is 8. The maximum absolute atomic E-state index is 13.5. The van der Waals surface area contributed by atoms with E-state index in [0.717, 1.165) is 11.1 Å². The van der Waals surface area contributed by atoms with Gasteiger partial charge in [0.2, 0.25) is 12.6 Å². The van der Waals surface area contributed by atoms with Crippen molar-refractivity contribution in [2.75, 3.05) is 25.8 Å². The van der Waals surface area contributed by atoms with E-state index in [-0.39, 0.29) is 36.9 Å². The summed E-state index contributed by atoms with van der Waals surface area (Å²) in [5.74, 6) is -2.71. The third-order valence-electron chi connectivity index (χ3n) is 6.98. The fourth-order valence-electron chi connectivity index (χ4n) is 5.40. The van der Waals surface area contributed by atoms with Crippen LogP contribution in [0.25, 0.3) is 0 Å². The maximum atomic E-state index is 13.5. The van der Waals surface area contributed by atoms with Gasteiger partial charge in [0.25, 0.3) is 5.78 Å². The number of Topliss-reactive ketones (excluding diaryl/α,β-unsaturated/α-hetero) is 1. The van der Waals surface area contributed by atoms with E-state index in [1.165, 1.54) is 31.4 Å². The molecule has 6 rings (SSSR count). The third-order valence-corrected chi connectivity index (χ3v) is 6.98. The Balaban J connectivity index is 1.53. The molecule has 2 heterocycles. The van der Waals surface area contributed by atoms with Crippen LogP contribution in [0.4, 0.5) is 10.1 Å². The van der Waals surface area contributed by atoms with Crippen LogP contribution >= 0.6 is 0 Å². The fourth-order valence-corrected chi connectivity index (χ4v) is 5.40. The van der Waals surface area contributed by atoms with Crippen LogP contribution in [-0.4, -0.2) is 38.0 Å². The predicted molar refractivity (Wildman–Crippen MR) is 119 cm³/mol. The molecule has 9 heteroatoms. The number of rotatable bonds is 4. The van der Waals surface area contributed by atoms with Gasteiger partial charge in [-0.05, 0) is 65.3 Å². The van der Waals surface area contributed by atoms with Gasteiger partial charge in [0.05, 0.1) is 25.7 Å².